The van der Waals surface area contributed by atoms with E-state index in [1.165, 1.54) is 11.6 Å². The van der Waals surface area contributed by atoms with E-state index >= 15 is 0 Å². The van der Waals surface area contributed by atoms with Gasteiger partial charge >= 0.3 is 0 Å². The molecule has 0 bridgehead atoms. The second-order valence-corrected chi connectivity index (χ2v) is 8.71. The summed E-state index contributed by atoms with van der Waals surface area (Å²) in [5.74, 6) is -0.235. The van der Waals surface area contributed by atoms with Crippen molar-refractivity contribution in [1.29, 1.82) is 0 Å². The molecule has 0 aromatic heterocycles. The number of carbonyl (C=O) groups is 1. The number of aryl methyl sites for hydroxylation is 1. The lowest BCUT2D eigenvalue weighted by molar-refractivity contribution is -0.126. The number of β-amino-alcohol motifs (C(OH)–C–C–N with tert-alkyl or cyclic N) is 1. The SMILES string of the molecule is Cc1ccc(CNC(=O)C2CCN(CC(O)CN(C)Cc3ccccc3)CC2)cc1F. The Balaban J connectivity index is 1.35. The average Bonchev–Trinajstić information content (AvgIpc) is 2.75. The zero-order valence-electron chi connectivity index (χ0n) is 18.6. The molecule has 5 nitrogen and oxygen atoms in total. The van der Waals surface area contributed by atoms with Gasteiger partial charge in [-0.2, -0.15) is 0 Å². The Bertz CT molecular complexity index is 838. The fraction of sp³-hybridized carbons (Fsp3) is 0.480. The van der Waals surface area contributed by atoms with Gasteiger partial charge in [0.15, 0.2) is 0 Å². The maximum atomic E-state index is 13.7. The van der Waals surface area contributed by atoms with Crippen LogP contribution < -0.4 is 5.32 Å². The van der Waals surface area contributed by atoms with Crippen LogP contribution in [0.1, 0.15) is 29.5 Å². The maximum Gasteiger partial charge on any atom is 0.223 e. The van der Waals surface area contributed by atoms with Gasteiger partial charge in [-0.05, 0) is 62.7 Å². The summed E-state index contributed by atoms with van der Waals surface area (Å²) in [4.78, 5) is 16.9. The lowest BCUT2D eigenvalue weighted by Gasteiger charge is -2.33. The van der Waals surface area contributed by atoms with Gasteiger partial charge in [-0.25, -0.2) is 4.39 Å². The fourth-order valence-corrected chi connectivity index (χ4v) is 4.13. The summed E-state index contributed by atoms with van der Waals surface area (Å²) in [6.07, 6.45) is 1.14. The van der Waals surface area contributed by atoms with Crippen molar-refractivity contribution < 1.29 is 14.3 Å². The molecule has 0 spiro atoms. The molecule has 0 saturated carbocycles. The van der Waals surface area contributed by atoms with Crippen LogP contribution in [-0.2, 0) is 17.9 Å². The van der Waals surface area contributed by atoms with Crippen molar-refractivity contribution in [2.75, 3.05) is 33.2 Å². The van der Waals surface area contributed by atoms with Gasteiger partial charge < -0.3 is 15.3 Å². The number of piperidine rings is 1. The third-order valence-electron chi connectivity index (χ3n) is 5.95. The van der Waals surface area contributed by atoms with Gasteiger partial charge in [-0.3, -0.25) is 9.69 Å². The van der Waals surface area contributed by atoms with Gasteiger partial charge in [0.1, 0.15) is 5.82 Å². The molecule has 1 fully saturated rings. The van der Waals surface area contributed by atoms with Gasteiger partial charge in [0.2, 0.25) is 5.91 Å². The molecule has 1 amide bonds. The minimum absolute atomic E-state index is 0.0237. The molecular formula is C25H34FN3O2. The van der Waals surface area contributed by atoms with Crippen molar-refractivity contribution in [3.63, 3.8) is 0 Å². The lowest BCUT2D eigenvalue weighted by atomic mass is 9.95. The zero-order chi connectivity index (χ0) is 22.2. The van der Waals surface area contributed by atoms with Crippen LogP contribution in [0.25, 0.3) is 0 Å². The summed E-state index contributed by atoms with van der Waals surface area (Å²) in [6, 6.07) is 15.3. The molecule has 1 aliphatic rings. The highest BCUT2D eigenvalue weighted by molar-refractivity contribution is 5.78. The normalized spacial score (nSPS) is 16.4. The number of nitrogens with one attached hydrogen (secondary N) is 1. The summed E-state index contributed by atoms with van der Waals surface area (Å²) < 4.78 is 13.7. The molecule has 168 valence electrons. The first-order valence-electron chi connectivity index (χ1n) is 11.1. The number of halogens is 1. The molecule has 2 aromatic carbocycles. The summed E-state index contributed by atoms with van der Waals surface area (Å²) in [7, 11) is 2.02. The number of amides is 1. The zero-order valence-corrected chi connectivity index (χ0v) is 18.6. The first-order valence-corrected chi connectivity index (χ1v) is 11.1. The van der Waals surface area contributed by atoms with Crippen molar-refractivity contribution in [3.8, 4) is 0 Å². The number of nitrogens with zero attached hydrogens (tertiary/aromatic N) is 2. The number of aliphatic hydroxyl groups excluding tert-OH is 1. The molecule has 3 rings (SSSR count). The molecule has 2 N–H and O–H groups in total. The summed E-state index contributed by atoms with van der Waals surface area (Å²) in [6.45, 7) is 5.73. The number of aliphatic hydroxyl groups is 1. The Kier molecular flexibility index (Phi) is 8.58. The van der Waals surface area contributed by atoms with Crippen molar-refractivity contribution in [1.82, 2.24) is 15.1 Å². The van der Waals surface area contributed by atoms with Gasteiger partial charge in [-0.1, -0.05) is 42.5 Å². The molecule has 0 aliphatic carbocycles. The number of hydrogen-bond donors (Lipinski definition) is 2. The third kappa shape index (κ3) is 7.42. The summed E-state index contributed by atoms with van der Waals surface area (Å²) in [5, 5.41) is 13.4. The van der Waals surface area contributed by atoms with Gasteiger partial charge in [0.05, 0.1) is 6.10 Å². The number of rotatable bonds is 9. The average molecular weight is 428 g/mol. The predicted molar refractivity (Wildman–Crippen MR) is 121 cm³/mol. The van der Waals surface area contributed by atoms with Crippen LogP contribution in [0.2, 0.25) is 0 Å². The molecule has 6 heteroatoms. The Morgan fingerprint density at radius 1 is 1.19 bits per heavy atom. The Labute approximate surface area is 184 Å². The van der Waals surface area contributed by atoms with Gasteiger partial charge in [0, 0.05) is 32.1 Å². The molecule has 0 radical (unpaired) electrons. The van der Waals surface area contributed by atoms with Crippen molar-refractivity contribution >= 4 is 5.91 Å². The Hall–Kier alpha value is -2.28. The van der Waals surface area contributed by atoms with Crippen LogP contribution in [0.3, 0.4) is 0 Å². The van der Waals surface area contributed by atoms with Crippen LogP contribution in [0.5, 0.6) is 0 Å². The Morgan fingerprint density at radius 3 is 2.58 bits per heavy atom. The van der Waals surface area contributed by atoms with E-state index in [2.05, 4.69) is 27.2 Å². The van der Waals surface area contributed by atoms with E-state index in [0.29, 0.717) is 25.2 Å². The molecular weight excluding hydrogens is 393 g/mol. The Morgan fingerprint density at radius 2 is 1.90 bits per heavy atom. The van der Waals surface area contributed by atoms with Crippen LogP contribution in [0.4, 0.5) is 4.39 Å². The van der Waals surface area contributed by atoms with Gasteiger partial charge in [-0.15, -0.1) is 0 Å². The molecule has 1 unspecified atom stereocenters. The molecule has 1 aliphatic heterocycles. The van der Waals surface area contributed by atoms with E-state index in [-0.39, 0.29) is 17.6 Å². The predicted octanol–water partition coefficient (Wildman–Crippen LogP) is 2.96. The van der Waals surface area contributed by atoms with Crippen molar-refractivity contribution in [3.05, 3.63) is 71.0 Å². The van der Waals surface area contributed by atoms with Crippen LogP contribution in [0, 0.1) is 18.7 Å². The van der Waals surface area contributed by atoms with Crippen molar-refractivity contribution in [2.45, 2.75) is 39.0 Å². The van der Waals surface area contributed by atoms with Crippen LogP contribution in [-0.4, -0.2) is 60.1 Å². The minimum Gasteiger partial charge on any atom is -0.390 e. The second-order valence-electron chi connectivity index (χ2n) is 8.71. The highest BCUT2D eigenvalue weighted by Gasteiger charge is 2.26. The molecule has 1 atom stereocenters. The molecule has 2 aromatic rings. The smallest absolute Gasteiger partial charge is 0.223 e. The van der Waals surface area contributed by atoms with Crippen molar-refractivity contribution in [2.24, 2.45) is 5.92 Å². The lowest BCUT2D eigenvalue weighted by Crippen LogP contribution is -2.45. The number of likely N-dealkylation sites (tertiary alicyclic amines) is 1. The molecule has 1 heterocycles. The molecule has 1 saturated heterocycles. The minimum atomic E-state index is -0.421. The first kappa shape index (κ1) is 23.4. The van der Waals surface area contributed by atoms with E-state index in [1.807, 2.05) is 31.3 Å². The van der Waals surface area contributed by atoms with E-state index in [0.717, 1.165) is 38.0 Å². The standard InChI is InChI=1S/C25H34FN3O2/c1-19-8-9-21(14-24(19)26)15-27-25(31)22-10-12-29(13-11-22)18-23(30)17-28(2)16-20-6-4-3-5-7-20/h3-9,14,22-23,30H,10-13,15-18H2,1-2H3,(H,27,31). The quantitative estimate of drug-likeness (QED) is 0.646. The topological polar surface area (TPSA) is 55.8 Å². The largest absolute Gasteiger partial charge is 0.390 e. The first-order chi connectivity index (χ1) is 14.9. The van der Waals surface area contributed by atoms with Gasteiger partial charge in [0.25, 0.3) is 0 Å². The molecule has 31 heavy (non-hydrogen) atoms. The number of carbonyl (C=O) groups excluding carboxylic acids is 1. The van der Waals surface area contributed by atoms with Crippen LogP contribution in [0.15, 0.2) is 48.5 Å². The maximum absolute atomic E-state index is 13.7. The second kappa shape index (κ2) is 11.4. The summed E-state index contributed by atoms with van der Waals surface area (Å²) >= 11 is 0. The number of benzene rings is 2. The summed E-state index contributed by atoms with van der Waals surface area (Å²) in [5.41, 5.74) is 2.62. The number of hydrogen-bond acceptors (Lipinski definition) is 4. The van der Waals surface area contributed by atoms with E-state index in [1.54, 1.807) is 13.0 Å². The highest BCUT2D eigenvalue weighted by atomic mass is 19.1. The monoisotopic (exact) mass is 427 g/mol. The van der Waals surface area contributed by atoms with E-state index < -0.39 is 6.10 Å². The van der Waals surface area contributed by atoms with E-state index in [9.17, 15) is 14.3 Å². The van der Waals surface area contributed by atoms with Crippen LogP contribution >= 0.6 is 0 Å². The third-order valence-corrected chi connectivity index (χ3v) is 5.95. The number of likely N-dealkylation sites (N-methyl/N-ethyl adjacent to an activating group) is 1. The fourth-order valence-electron chi connectivity index (χ4n) is 4.13. The highest BCUT2D eigenvalue weighted by Crippen LogP contribution is 2.18. The van der Waals surface area contributed by atoms with E-state index in [4.69, 9.17) is 0 Å².